The quantitative estimate of drug-likeness (QED) is 0.412. The van der Waals surface area contributed by atoms with E-state index < -0.39 is 18.0 Å². The maximum absolute atomic E-state index is 10.9. The largest absolute Gasteiger partial charge is 0.500 e. The molecule has 0 aliphatic heterocycles. The Balaban J connectivity index is 4.40. The molecule has 0 saturated carbocycles. The first-order valence-corrected chi connectivity index (χ1v) is 1.67. The third-order valence-corrected chi connectivity index (χ3v) is 0.448. The van der Waals surface area contributed by atoms with Gasteiger partial charge in [-0.15, -0.1) is 0 Å². The van der Waals surface area contributed by atoms with Gasteiger partial charge in [-0.3, -0.25) is 0 Å². The van der Waals surface area contributed by atoms with Crippen molar-refractivity contribution in [2.45, 2.75) is 6.18 Å². The highest BCUT2D eigenvalue weighted by Gasteiger charge is 2.37. The first-order chi connectivity index (χ1) is 3.85. The van der Waals surface area contributed by atoms with Crippen molar-refractivity contribution in [2.75, 3.05) is 0 Å². The molecule has 0 spiro atoms. The molecular formula is C3HF5O. The zero-order chi connectivity index (χ0) is 7.65. The normalized spacial score (nSPS) is 11.2. The summed E-state index contributed by atoms with van der Waals surface area (Å²) in [7, 11) is 0. The lowest BCUT2D eigenvalue weighted by Crippen LogP contribution is -2.11. The van der Waals surface area contributed by atoms with Crippen LogP contribution in [0.15, 0.2) is 11.8 Å². The average molecular weight is 148 g/mol. The molecule has 0 unspecified atom stereocenters. The summed E-state index contributed by atoms with van der Waals surface area (Å²) in [5.74, 6) is -2.83. The van der Waals surface area contributed by atoms with Crippen LogP contribution in [0.5, 0.6) is 0 Å². The lowest BCUT2D eigenvalue weighted by Gasteiger charge is -2.00. The molecule has 0 heterocycles. The van der Waals surface area contributed by atoms with Gasteiger partial charge in [-0.2, -0.15) is 22.0 Å². The van der Waals surface area contributed by atoms with Gasteiger partial charge in [-0.05, 0) is 0 Å². The van der Waals surface area contributed by atoms with Gasteiger partial charge in [-0.1, -0.05) is 0 Å². The topological polar surface area (TPSA) is 20.2 Å². The van der Waals surface area contributed by atoms with E-state index in [0.717, 1.165) is 0 Å². The van der Waals surface area contributed by atoms with Gasteiger partial charge in [0.15, 0.2) is 0 Å². The fourth-order valence-electron chi connectivity index (χ4n) is 0.107. The first kappa shape index (κ1) is 8.19. The standard InChI is InChI=1S/C3HF5O/c4-2(5)1(9)3(6,7)8/h9H. The second kappa shape index (κ2) is 2.20. The zero-order valence-electron chi connectivity index (χ0n) is 3.84. The van der Waals surface area contributed by atoms with Crippen LogP contribution in [0.1, 0.15) is 0 Å². The maximum atomic E-state index is 10.9. The van der Waals surface area contributed by atoms with E-state index in [1.807, 2.05) is 0 Å². The third kappa shape index (κ3) is 2.29. The smallest absolute Gasteiger partial charge is 0.454 e. The number of halogens is 5. The predicted molar refractivity (Wildman–Crippen MR) is 17.9 cm³/mol. The van der Waals surface area contributed by atoms with E-state index in [-0.39, 0.29) is 0 Å². The fraction of sp³-hybridized carbons (Fsp3) is 0.333. The maximum Gasteiger partial charge on any atom is 0.454 e. The molecule has 6 heteroatoms. The van der Waals surface area contributed by atoms with E-state index in [1.165, 1.54) is 0 Å². The van der Waals surface area contributed by atoms with Crippen molar-refractivity contribution in [1.29, 1.82) is 0 Å². The summed E-state index contributed by atoms with van der Waals surface area (Å²) in [6.45, 7) is 0. The molecule has 0 rings (SSSR count). The Bertz CT molecular complexity index is 130. The molecule has 0 aromatic carbocycles. The van der Waals surface area contributed by atoms with Gasteiger partial charge in [0.1, 0.15) is 0 Å². The molecule has 0 saturated heterocycles. The summed E-state index contributed by atoms with van der Waals surface area (Å²) in [4.78, 5) is 0. The molecule has 0 fully saturated rings. The molecule has 0 aromatic rings. The van der Waals surface area contributed by atoms with Crippen LogP contribution in [-0.2, 0) is 0 Å². The van der Waals surface area contributed by atoms with Gasteiger partial charge >= 0.3 is 12.3 Å². The van der Waals surface area contributed by atoms with Crippen LogP contribution in [-0.4, -0.2) is 11.3 Å². The monoisotopic (exact) mass is 148 g/mol. The van der Waals surface area contributed by atoms with E-state index in [2.05, 4.69) is 0 Å². The highest BCUT2D eigenvalue weighted by atomic mass is 19.4. The summed E-state index contributed by atoms with van der Waals surface area (Å²) < 4.78 is 54.4. The Morgan fingerprint density at radius 1 is 1.11 bits per heavy atom. The fourth-order valence-corrected chi connectivity index (χ4v) is 0.107. The summed E-state index contributed by atoms with van der Waals surface area (Å²) in [6.07, 6.45) is -8.46. The van der Waals surface area contributed by atoms with Gasteiger partial charge in [0, 0.05) is 0 Å². The Labute approximate surface area is 46.4 Å². The van der Waals surface area contributed by atoms with E-state index >= 15 is 0 Å². The molecule has 0 aliphatic carbocycles. The molecule has 1 N–H and O–H groups in total. The minimum absolute atomic E-state index is 2.83. The van der Waals surface area contributed by atoms with Crippen LogP contribution < -0.4 is 0 Å². The Hall–Kier alpha value is -0.810. The van der Waals surface area contributed by atoms with Crippen molar-refractivity contribution in [2.24, 2.45) is 0 Å². The molecule has 0 atom stereocenters. The number of hydrogen-bond donors (Lipinski definition) is 1. The lowest BCUT2D eigenvalue weighted by atomic mass is 10.5. The molecule has 0 bridgehead atoms. The second-order valence-corrected chi connectivity index (χ2v) is 1.11. The minimum Gasteiger partial charge on any atom is -0.500 e. The van der Waals surface area contributed by atoms with E-state index in [4.69, 9.17) is 5.11 Å². The molecule has 54 valence electrons. The Morgan fingerprint density at radius 3 is 1.44 bits per heavy atom. The number of hydrogen-bond acceptors (Lipinski definition) is 1. The van der Waals surface area contributed by atoms with Gasteiger partial charge in [0.2, 0.25) is 0 Å². The highest BCUT2D eigenvalue weighted by molar-refractivity contribution is 4.97. The van der Waals surface area contributed by atoms with Gasteiger partial charge < -0.3 is 5.11 Å². The van der Waals surface area contributed by atoms with Crippen molar-refractivity contribution in [3.8, 4) is 0 Å². The number of aliphatic hydroxyl groups is 1. The molecule has 0 aliphatic rings. The van der Waals surface area contributed by atoms with Gasteiger partial charge in [0.05, 0.1) is 0 Å². The summed E-state index contributed by atoms with van der Waals surface area (Å²) in [6, 6.07) is 0. The molecule has 0 aromatic heterocycles. The van der Waals surface area contributed by atoms with Crippen molar-refractivity contribution in [1.82, 2.24) is 0 Å². The van der Waals surface area contributed by atoms with Crippen LogP contribution in [0.2, 0.25) is 0 Å². The summed E-state index contributed by atoms with van der Waals surface area (Å²) in [5, 5.41) is 7.47. The SMILES string of the molecule is OC(=C(F)F)C(F)(F)F. The Morgan fingerprint density at radius 2 is 1.44 bits per heavy atom. The average Bonchev–Trinajstić information content (AvgIpc) is 1.62. The molecule has 0 amide bonds. The van der Waals surface area contributed by atoms with Crippen LogP contribution in [0.4, 0.5) is 22.0 Å². The first-order valence-electron chi connectivity index (χ1n) is 1.67. The zero-order valence-corrected chi connectivity index (χ0v) is 3.84. The number of rotatable bonds is 0. The number of alkyl halides is 3. The molecular weight excluding hydrogens is 147 g/mol. The summed E-state index contributed by atoms with van der Waals surface area (Å²) in [5.41, 5.74) is 0. The van der Waals surface area contributed by atoms with Crippen molar-refractivity contribution in [3.05, 3.63) is 11.8 Å². The van der Waals surface area contributed by atoms with Crippen LogP contribution in [0.3, 0.4) is 0 Å². The Kier molecular flexibility index (Phi) is 2.00. The second-order valence-electron chi connectivity index (χ2n) is 1.11. The molecule has 9 heavy (non-hydrogen) atoms. The van der Waals surface area contributed by atoms with Crippen molar-refractivity contribution in [3.63, 3.8) is 0 Å². The summed E-state index contributed by atoms with van der Waals surface area (Å²) >= 11 is 0. The van der Waals surface area contributed by atoms with Crippen LogP contribution >= 0.6 is 0 Å². The van der Waals surface area contributed by atoms with E-state index in [9.17, 15) is 22.0 Å². The predicted octanol–water partition coefficient (Wildman–Crippen LogP) is 2.21. The van der Waals surface area contributed by atoms with Crippen molar-refractivity contribution < 1.29 is 27.1 Å². The molecule has 0 radical (unpaired) electrons. The highest BCUT2D eigenvalue weighted by Crippen LogP contribution is 2.26. The van der Waals surface area contributed by atoms with Gasteiger partial charge in [0.25, 0.3) is 5.76 Å². The van der Waals surface area contributed by atoms with Crippen molar-refractivity contribution >= 4 is 0 Å². The van der Waals surface area contributed by atoms with Gasteiger partial charge in [-0.25, -0.2) is 0 Å². The van der Waals surface area contributed by atoms with E-state index in [1.54, 1.807) is 0 Å². The number of aliphatic hydroxyl groups excluding tert-OH is 1. The minimum atomic E-state index is -5.33. The van der Waals surface area contributed by atoms with E-state index in [0.29, 0.717) is 0 Å². The molecule has 1 nitrogen and oxygen atoms in total. The van der Waals surface area contributed by atoms with Crippen LogP contribution in [0, 0.1) is 0 Å². The lowest BCUT2D eigenvalue weighted by molar-refractivity contribution is -0.125. The third-order valence-electron chi connectivity index (χ3n) is 0.448. The number of allylic oxidation sites excluding steroid dienone is 1. The van der Waals surface area contributed by atoms with Crippen LogP contribution in [0.25, 0.3) is 0 Å².